The molecule has 2 heteroatoms. The summed E-state index contributed by atoms with van der Waals surface area (Å²) < 4.78 is 0. The summed E-state index contributed by atoms with van der Waals surface area (Å²) in [5.41, 5.74) is -0.637. The molecule has 1 unspecified atom stereocenters. The maximum atomic E-state index is 11.4. The first kappa shape index (κ1) is 8.78. The van der Waals surface area contributed by atoms with Crippen LogP contribution in [0.4, 0.5) is 0 Å². The lowest BCUT2D eigenvalue weighted by Gasteiger charge is -2.22. The molecule has 1 aliphatic heterocycles. The molecule has 0 spiro atoms. The van der Waals surface area contributed by atoms with Crippen LogP contribution in [0, 0.1) is 11.3 Å². The molecule has 2 nitrogen and oxygen atoms in total. The molecule has 0 aromatic rings. The molecule has 1 N–H and O–H groups in total. The molecule has 1 heterocycles. The monoisotopic (exact) mass is 163 g/mol. The van der Waals surface area contributed by atoms with E-state index in [-0.39, 0.29) is 11.8 Å². The van der Waals surface area contributed by atoms with Crippen molar-refractivity contribution in [3.8, 4) is 0 Å². The fourth-order valence-electron chi connectivity index (χ4n) is 1.54. The van der Waals surface area contributed by atoms with Crippen LogP contribution in [0.5, 0.6) is 0 Å². The van der Waals surface area contributed by atoms with Gasteiger partial charge >= 0.3 is 0 Å². The smallest absolute Gasteiger partial charge is 0.234 e. The van der Waals surface area contributed by atoms with Crippen LogP contribution in [0.3, 0.4) is 0 Å². The van der Waals surface area contributed by atoms with Gasteiger partial charge in [-0.25, -0.2) is 0 Å². The largest absolute Gasteiger partial charge is 0.354 e. The summed E-state index contributed by atoms with van der Waals surface area (Å²) in [5, 5.41) is 2.76. The predicted octanol–water partition coefficient (Wildman–Crippen LogP) is 1.28. The van der Waals surface area contributed by atoms with Crippen LogP contribution in [0.1, 0.15) is 0 Å². The Bertz CT molecular complexity index is 234. The molecule has 0 aromatic heterocycles. The van der Waals surface area contributed by atoms with E-state index >= 15 is 0 Å². The SMILES string of the molecule is C=CC1CNC(=O)C1(C=C)C=C. The van der Waals surface area contributed by atoms with Crippen LogP contribution in [0.25, 0.3) is 0 Å². The molecule has 0 radical (unpaired) electrons. The Balaban J connectivity index is 3.09. The summed E-state index contributed by atoms with van der Waals surface area (Å²) in [5.74, 6) is 0.0531. The third-order valence-corrected chi connectivity index (χ3v) is 2.45. The van der Waals surface area contributed by atoms with Gasteiger partial charge in [-0.15, -0.1) is 19.7 Å². The Morgan fingerprint density at radius 2 is 2.00 bits per heavy atom. The van der Waals surface area contributed by atoms with Crippen molar-refractivity contribution in [1.29, 1.82) is 0 Å². The Morgan fingerprint density at radius 3 is 2.33 bits per heavy atom. The van der Waals surface area contributed by atoms with Gasteiger partial charge in [-0.2, -0.15) is 0 Å². The molecule has 1 saturated heterocycles. The molecule has 1 rings (SSSR count). The minimum Gasteiger partial charge on any atom is -0.354 e. The van der Waals surface area contributed by atoms with E-state index in [1.165, 1.54) is 0 Å². The second-order valence-electron chi connectivity index (χ2n) is 2.89. The number of nitrogens with one attached hydrogen (secondary N) is 1. The normalized spacial score (nSPS) is 26.0. The van der Waals surface area contributed by atoms with Gasteiger partial charge in [0.15, 0.2) is 0 Å². The summed E-state index contributed by atoms with van der Waals surface area (Å²) >= 11 is 0. The molecule has 0 bridgehead atoms. The molecule has 0 aliphatic carbocycles. The van der Waals surface area contributed by atoms with Crippen molar-refractivity contribution in [3.63, 3.8) is 0 Å². The highest BCUT2D eigenvalue weighted by Crippen LogP contribution is 2.35. The summed E-state index contributed by atoms with van der Waals surface area (Å²) in [7, 11) is 0. The number of hydrogen-bond acceptors (Lipinski definition) is 1. The molecule has 1 aliphatic rings. The summed E-state index contributed by atoms with van der Waals surface area (Å²) in [6, 6.07) is 0. The van der Waals surface area contributed by atoms with Crippen molar-refractivity contribution in [2.45, 2.75) is 0 Å². The van der Waals surface area contributed by atoms with E-state index in [0.29, 0.717) is 6.54 Å². The molecule has 12 heavy (non-hydrogen) atoms. The van der Waals surface area contributed by atoms with Crippen LogP contribution < -0.4 is 5.32 Å². The van der Waals surface area contributed by atoms with Gasteiger partial charge in [0, 0.05) is 12.5 Å². The highest BCUT2D eigenvalue weighted by molar-refractivity contribution is 5.89. The number of amides is 1. The lowest BCUT2D eigenvalue weighted by atomic mass is 9.78. The van der Waals surface area contributed by atoms with Gasteiger partial charge < -0.3 is 5.32 Å². The number of carbonyl (C=O) groups is 1. The lowest BCUT2D eigenvalue weighted by Crippen LogP contribution is -2.30. The number of hydrogen-bond donors (Lipinski definition) is 1. The quantitative estimate of drug-likeness (QED) is 0.624. The Hall–Kier alpha value is -1.31. The van der Waals surface area contributed by atoms with Crippen LogP contribution in [0.2, 0.25) is 0 Å². The second-order valence-corrected chi connectivity index (χ2v) is 2.89. The maximum Gasteiger partial charge on any atom is 0.234 e. The summed E-state index contributed by atoms with van der Waals surface area (Å²) in [4.78, 5) is 11.4. The number of rotatable bonds is 3. The third-order valence-electron chi connectivity index (χ3n) is 2.45. The summed E-state index contributed by atoms with van der Waals surface area (Å²) in [6.45, 7) is 11.6. The fraction of sp³-hybridized carbons (Fsp3) is 0.300. The van der Waals surface area contributed by atoms with Crippen molar-refractivity contribution in [2.24, 2.45) is 11.3 Å². The second kappa shape index (κ2) is 2.97. The zero-order valence-corrected chi connectivity index (χ0v) is 7.05. The molecule has 1 atom stereocenters. The minimum absolute atomic E-state index is 0.0302. The van der Waals surface area contributed by atoms with Crippen LogP contribution in [-0.4, -0.2) is 12.5 Å². The van der Waals surface area contributed by atoms with E-state index in [4.69, 9.17) is 0 Å². The first-order valence-corrected chi connectivity index (χ1v) is 3.89. The molecular weight excluding hydrogens is 150 g/mol. The van der Waals surface area contributed by atoms with Crippen molar-refractivity contribution >= 4 is 5.91 Å². The first-order valence-electron chi connectivity index (χ1n) is 3.89. The lowest BCUT2D eigenvalue weighted by molar-refractivity contribution is -0.124. The Labute approximate surface area is 72.7 Å². The molecule has 64 valence electrons. The van der Waals surface area contributed by atoms with E-state index in [2.05, 4.69) is 25.1 Å². The van der Waals surface area contributed by atoms with Crippen LogP contribution >= 0.6 is 0 Å². The first-order chi connectivity index (χ1) is 5.71. The van der Waals surface area contributed by atoms with E-state index < -0.39 is 5.41 Å². The molecular formula is C10H13NO. The summed E-state index contributed by atoms with van der Waals surface area (Å²) in [6.07, 6.45) is 5.03. The zero-order chi connectivity index (χ0) is 9.19. The highest BCUT2D eigenvalue weighted by Gasteiger charge is 2.43. The predicted molar refractivity (Wildman–Crippen MR) is 49.5 cm³/mol. The van der Waals surface area contributed by atoms with Crippen molar-refractivity contribution in [1.82, 2.24) is 5.32 Å². The van der Waals surface area contributed by atoms with Gasteiger partial charge in [0.1, 0.15) is 0 Å². The van der Waals surface area contributed by atoms with Crippen LogP contribution in [0.15, 0.2) is 38.0 Å². The van der Waals surface area contributed by atoms with Gasteiger partial charge in [0.25, 0.3) is 0 Å². The van der Waals surface area contributed by atoms with Gasteiger partial charge in [-0.05, 0) is 0 Å². The molecule has 0 saturated carbocycles. The zero-order valence-electron chi connectivity index (χ0n) is 7.05. The average Bonchev–Trinajstić information content (AvgIpc) is 2.42. The number of carbonyl (C=O) groups excluding carboxylic acids is 1. The van der Waals surface area contributed by atoms with Crippen molar-refractivity contribution in [2.75, 3.05) is 6.54 Å². The van der Waals surface area contributed by atoms with Gasteiger partial charge in [-0.1, -0.05) is 18.2 Å². The van der Waals surface area contributed by atoms with Gasteiger partial charge in [-0.3, -0.25) is 4.79 Å². The highest BCUT2D eigenvalue weighted by atomic mass is 16.2. The molecule has 1 amide bonds. The third kappa shape index (κ3) is 0.916. The van der Waals surface area contributed by atoms with E-state index in [9.17, 15) is 4.79 Å². The Kier molecular flexibility index (Phi) is 2.18. The molecule has 0 aromatic carbocycles. The minimum atomic E-state index is -0.637. The molecule has 1 fully saturated rings. The standard InChI is InChI=1S/C10H13NO/c1-4-8-7-11-9(12)10(8,5-2)6-3/h4-6,8H,1-3,7H2,(H,11,12). The van der Waals surface area contributed by atoms with E-state index in [1.807, 2.05) is 0 Å². The average molecular weight is 163 g/mol. The van der Waals surface area contributed by atoms with E-state index in [1.54, 1.807) is 18.2 Å². The van der Waals surface area contributed by atoms with E-state index in [0.717, 1.165) is 0 Å². The van der Waals surface area contributed by atoms with Crippen LogP contribution in [-0.2, 0) is 4.79 Å². The fourth-order valence-corrected chi connectivity index (χ4v) is 1.54. The topological polar surface area (TPSA) is 29.1 Å². The Morgan fingerprint density at radius 1 is 1.42 bits per heavy atom. The van der Waals surface area contributed by atoms with Gasteiger partial charge in [0.05, 0.1) is 5.41 Å². The van der Waals surface area contributed by atoms with Crippen molar-refractivity contribution in [3.05, 3.63) is 38.0 Å². The maximum absolute atomic E-state index is 11.4. The van der Waals surface area contributed by atoms with Gasteiger partial charge in [0.2, 0.25) is 5.91 Å². The van der Waals surface area contributed by atoms with Crippen molar-refractivity contribution < 1.29 is 4.79 Å².